The van der Waals surface area contributed by atoms with Crippen LogP contribution in [0.5, 0.6) is 0 Å². The van der Waals surface area contributed by atoms with Gasteiger partial charge in [0, 0.05) is 4.90 Å². The summed E-state index contributed by atoms with van der Waals surface area (Å²) in [6, 6.07) is 4.02. The van der Waals surface area contributed by atoms with Gasteiger partial charge in [-0.1, -0.05) is 13.0 Å². The zero-order valence-corrected chi connectivity index (χ0v) is 8.95. The van der Waals surface area contributed by atoms with E-state index in [2.05, 4.69) is 11.7 Å². The van der Waals surface area contributed by atoms with Crippen molar-refractivity contribution in [2.45, 2.75) is 18.0 Å². The lowest BCUT2D eigenvalue weighted by Gasteiger charge is -2.12. The van der Waals surface area contributed by atoms with E-state index in [-0.39, 0.29) is 5.69 Å². The molecule has 0 aliphatic rings. The third-order valence-electron chi connectivity index (χ3n) is 1.76. The lowest BCUT2D eigenvalue weighted by Crippen LogP contribution is -2.05. The molecule has 5 heteroatoms. The molecule has 1 aromatic carbocycles. The van der Waals surface area contributed by atoms with Crippen LogP contribution in [0.4, 0.5) is 18.9 Å². The van der Waals surface area contributed by atoms with Crippen LogP contribution in [-0.2, 0) is 6.18 Å². The zero-order chi connectivity index (χ0) is 11.5. The summed E-state index contributed by atoms with van der Waals surface area (Å²) in [7, 11) is 0. The molecule has 0 saturated heterocycles. The van der Waals surface area contributed by atoms with Crippen molar-refractivity contribution in [3.63, 3.8) is 0 Å². The van der Waals surface area contributed by atoms with Gasteiger partial charge in [-0.2, -0.15) is 13.2 Å². The van der Waals surface area contributed by atoms with Gasteiger partial charge in [0.2, 0.25) is 0 Å². The second-order valence-corrected chi connectivity index (χ2v) is 4.05. The first-order valence-electron chi connectivity index (χ1n) is 4.30. The number of thioether (sulfide) groups is 1. The summed E-state index contributed by atoms with van der Waals surface area (Å²) < 4.78 is 37.7. The Bertz CT molecular complexity index is 360. The van der Waals surface area contributed by atoms with Crippen molar-refractivity contribution in [1.82, 2.24) is 0 Å². The summed E-state index contributed by atoms with van der Waals surface area (Å²) in [5.41, 5.74) is -0.798. The molecule has 0 atom stereocenters. The van der Waals surface area contributed by atoms with E-state index in [1.807, 2.05) is 6.92 Å². The number of rotatable bonds is 3. The molecule has 0 heterocycles. The van der Waals surface area contributed by atoms with Crippen LogP contribution in [-0.4, -0.2) is 12.5 Å². The Labute approximate surface area is 90.4 Å². The molecule has 0 aliphatic heterocycles. The molecule has 0 unspecified atom stereocenters. The van der Waals surface area contributed by atoms with Gasteiger partial charge in [0.1, 0.15) is 0 Å². The topological polar surface area (TPSA) is 12.4 Å². The fourth-order valence-corrected chi connectivity index (χ4v) is 1.98. The van der Waals surface area contributed by atoms with E-state index in [4.69, 9.17) is 0 Å². The predicted molar refractivity (Wildman–Crippen MR) is 57.1 cm³/mol. The van der Waals surface area contributed by atoms with Gasteiger partial charge in [-0.15, -0.1) is 11.8 Å². The smallest absolute Gasteiger partial charge is 0.263 e. The zero-order valence-electron chi connectivity index (χ0n) is 8.14. The number of hydrogen-bond acceptors (Lipinski definition) is 2. The van der Waals surface area contributed by atoms with Crippen LogP contribution >= 0.6 is 11.8 Å². The van der Waals surface area contributed by atoms with Crippen LogP contribution in [0.1, 0.15) is 12.5 Å². The van der Waals surface area contributed by atoms with Crippen LogP contribution in [0.2, 0.25) is 0 Å². The molecule has 15 heavy (non-hydrogen) atoms. The average molecular weight is 233 g/mol. The molecule has 0 aliphatic carbocycles. The minimum atomic E-state index is -4.37. The molecule has 0 radical (unpaired) electrons. The highest BCUT2D eigenvalue weighted by Gasteiger charge is 2.34. The van der Waals surface area contributed by atoms with Crippen molar-refractivity contribution >= 4 is 24.2 Å². The Morgan fingerprint density at radius 1 is 1.40 bits per heavy atom. The molecule has 1 aromatic rings. The summed E-state index contributed by atoms with van der Waals surface area (Å²) in [5.74, 6) is 0.698. The van der Waals surface area contributed by atoms with E-state index in [9.17, 15) is 13.2 Å². The quantitative estimate of drug-likeness (QED) is 0.564. The third-order valence-corrected chi connectivity index (χ3v) is 2.69. The molecule has 1 rings (SSSR count). The molecule has 0 fully saturated rings. The summed E-state index contributed by atoms with van der Waals surface area (Å²) in [5, 5.41) is 0. The van der Waals surface area contributed by atoms with Gasteiger partial charge in [0.25, 0.3) is 0 Å². The summed E-state index contributed by atoms with van der Waals surface area (Å²) >= 11 is 1.32. The SMILES string of the molecule is C=Nc1c(SCC)cccc1C(F)(F)F. The Balaban J connectivity index is 3.28. The molecule has 0 bridgehead atoms. The number of hydrogen-bond donors (Lipinski definition) is 0. The maximum Gasteiger partial charge on any atom is 0.418 e. The van der Waals surface area contributed by atoms with Crippen molar-refractivity contribution in [3.8, 4) is 0 Å². The molecular weight excluding hydrogens is 223 g/mol. The van der Waals surface area contributed by atoms with Crippen molar-refractivity contribution in [2.24, 2.45) is 4.99 Å². The predicted octanol–water partition coefficient (Wildman–Crippen LogP) is 4.15. The lowest BCUT2D eigenvalue weighted by molar-refractivity contribution is -0.137. The molecule has 82 valence electrons. The Hall–Kier alpha value is -0.970. The van der Waals surface area contributed by atoms with Gasteiger partial charge in [-0.05, 0) is 24.6 Å². The number of benzene rings is 1. The standard InChI is InChI=1S/C10H10F3NS/c1-3-15-8-6-4-5-7(9(8)14-2)10(11,12)13/h4-6H,2-3H2,1H3. The monoisotopic (exact) mass is 233 g/mol. The van der Waals surface area contributed by atoms with Crippen molar-refractivity contribution in [1.29, 1.82) is 0 Å². The van der Waals surface area contributed by atoms with Crippen LogP contribution in [0.25, 0.3) is 0 Å². The maximum absolute atomic E-state index is 12.6. The molecule has 1 nitrogen and oxygen atoms in total. The minimum absolute atomic E-state index is 0.0724. The van der Waals surface area contributed by atoms with Gasteiger partial charge in [-0.3, -0.25) is 4.99 Å². The largest absolute Gasteiger partial charge is 0.418 e. The summed E-state index contributed by atoms with van der Waals surface area (Å²) in [6.45, 7) is 5.06. The highest BCUT2D eigenvalue weighted by Crippen LogP contribution is 2.41. The van der Waals surface area contributed by atoms with Crippen molar-refractivity contribution in [2.75, 3.05) is 5.75 Å². The van der Waals surface area contributed by atoms with Gasteiger partial charge in [0.05, 0.1) is 11.3 Å². The molecule has 0 saturated carbocycles. The average Bonchev–Trinajstić information content (AvgIpc) is 2.16. The number of alkyl halides is 3. The summed E-state index contributed by atoms with van der Waals surface area (Å²) in [4.78, 5) is 3.98. The number of aliphatic imine (C=N–C) groups is 1. The van der Waals surface area contributed by atoms with Crippen LogP contribution in [0, 0.1) is 0 Å². The molecule has 0 N–H and O–H groups in total. The lowest BCUT2D eigenvalue weighted by atomic mass is 10.2. The second-order valence-electron chi connectivity index (χ2n) is 2.74. The van der Waals surface area contributed by atoms with Crippen LogP contribution in [0.3, 0.4) is 0 Å². The second kappa shape index (κ2) is 4.70. The first kappa shape index (κ1) is 12.1. The Kier molecular flexibility index (Phi) is 3.79. The Morgan fingerprint density at radius 2 is 2.07 bits per heavy atom. The first-order valence-corrected chi connectivity index (χ1v) is 5.29. The fraction of sp³-hybridized carbons (Fsp3) is 0.300. The molecular formula is C10H10F3NS. The number of nitrogens with zero attached hydrogens (tertiary/aromatic N) is 1. The minimum Gasteiger partial charge on any atom is -0.263 e. The number of halogens is 3. The van der Waals surface area contributed by atoms with Crippen LogP contribution < -0.4 is 0 Å². The van der Waals surface area contributed by atoms with E-state index < -0.39 is 11.7 Å². The summed E-state index contributed by atoms with van der Waals surface area (Å²) in [6.07, 6.45) is -4.37. The van der Waals surface area contributed by atoms with Gasteiger partial charge < -0.3 is 0 Å². The Morgan fingerprint density at radius 3 is 2.53 bits per heavy atom. The van der Waals surface area contributed by atoms with E-state index in [0.717, 1.165) is 6.07 Å². The van der Waals surface area contributed by atoms with E-state index in [1.54, 1.807) is 6.07 Å². The van der Waals surface area contributed by atoms with Gasteiger partial charge in [-0.25, -0.2) is 0 Å². The highest BCUT2D eigenvalue weighted by atomic mass is 32.2. The van der Waals surface area contributed by atoms with Crippen LogP contribution in [0.15, 0.2) is 28.1 Å². The fourth-order valence-electron chi connectivity index (χ4n) is 1.19. The number of para-hydroxylation sites is 1. The maximum atomic E-state index is 12.6. The molecule has 0 aromatic heterocycles. The van der Waals surface area contributed by atoms with E-state index in [1.165, 1.54) is 17.8 Å². The van der Waals surface area contributed by atoms with Gasteiger partial charge in [0.15, 0.2) is 0 Å². The highest BCUT2D eigenvalue weighted by molar-refractivity contribution is 7.99. The molecule has 0 spiro atoms. The normalized spacial score (nSPS) is 11.5. The van der Waals surface area contributed by atoms with Crippen molar-refractivity contribution in [3.05, 3.63) is 23.8 Å². The van der Waals surface area contributed by atoms with E-state index >= 15 is 0 Å². The van der Waals surface area contributed by atoms with Crippen molar-refractivity contribution < 1.29 is 13.2 Å². The first-order chi connectivity index (χ1) is 7.00. The van der Waals surface area contributed by atoms with E-state index in [0.29, 0.717) is 10.6 Å². The third kappa shape index (κ3) is 2.75. The van der Waals surface area contributed by atoms with Gasteiger partial charge >= 0.3 is 6.18 Å². The molecule has 0 amide bonds.